The molecule has 5 nitrogen and oxygen atoms in total. The van der Waals surface area contributed by atoms with Gasteiger partial charge >= 0.3 is 0 Å². The van der Waals surface area contributed by atoms with Crippen molar-refractivity contribution < 1.29 is 4.79 Å². The van der Waals surface area contributed by atoms with E-state index >= 15 is 0 Å². The molecule has 4 bridgehead atoms. The maximum atomic E-state index is 12.6. The smallest absolute Gasteiger partial charge is 0.244 e. The molecule has 4 aliphatic carbocycles. The second-order valence-electron chi connectivity index (χ2n) is 9.16. The molecule has 6 rings (SSSR count). The van der Waals surface area contributed by atoms with Gasteiger partial charge in [-0.25, -0.2) is 0 Å². The number of aryl methyl sites for hydroxylation is 1. The first kappa shape index (κ1) is 15.9. The minimum absolute atomic E-state index is 0.216. The monoisotopic (exact) mass is 342 g/mol. The van der Waals surface area contributed by atoms with Gasteiger partial charge in [-0.1, -0.05) is 0 Å². The van der Waals surface area contributed by atoms with Gasteiger partial charge < -0.3 is 4.90 Å². The molecule has 0 aromatic carbocycles. The van der Waals surface area contributed by atoms with E-state index < -0.39 is 0 Å². The first-order valence-corrected chi connectivity index (χ1v) is 10.1. The van der Waals surface area contributed by atoms with E-state index in [1.807, 2.05) is 24.1 Å². The molecule has 2 heterocycles. The molecular weight excluding hydrogens is 312 g/mol. The zero-order valence-corrected chi connectivity index (χ0v) is 15.4. The molecule has 1 aromatic rings. The zero-order valence-electron chi connectivity index (χ0n) is 15.4. The largest absolute Gasteiger partial charge is 0.339 e. The van der Waals surface area contributed by atoms with E-state index in [2.05, 4.69) is 10.00 Å². The Kier molecular flexibility index (Phi) is 3.70. The lowest BCUT2D eigenvalue weighted by molar-refractivity contribution is -0.139. The minimum atomic E-state index is 0.216. The van der Waals surface area contributed by atoms with Crippen LogP contribution >= 0.6 is 0 Å². The molecule has 5 heteroatoms. The van der Waals surface area contributed by atoms with Crippen LogP contribution in [-0.2, 0) is 11.3 Å². The number of amides is 1. The van der Waals surface area contributed by atoms with Crippen molar-refractivity contribution in [2.75, 3.05) is 26.2 Å². The van der Waals surface area contributed by atoms with Gasteiger partial charge in [0.15, 0.2) is 0 Å². The molecule has 136 valence electrons. The third kappa shape index (κ3) is 2.80. The van der Waals surface area contributed by atoms with Crippen LogP contribution in [0, 0.1) is 24.7 Å². The normalized spacial score (nSPS) is 37.6. The molecule has 0 radical (unpaired) electrons. The van der Waals surface area contributed by atoms with Gasteiger partial charge in [0, 0.05) is 37.9 Å². The Morgan fingerprint density at radius 1 is 1.08 bits per heavy atom. The predicted octanol–water partition coefficient (Wildman–Crippen LogP) is 2.30. The van der Waals surface area contributed by atoms with Crippen molar-refractivity contribution in [2.45, 2.75) is 57.5 Å². The van der Waals surface area contributed by atoms with Crippen LogP contribution in [0.2, 0.25) is 0 Å². The van der Waals surface area contributed by atoms with Crippen LogP contribution in [0.1, 0.15) is 44.2 Å². The summed E-state index contributed by atoms with van der Waals surface area (Å²) in [5, 5.41) is 4.35. The summed E-state index contributed by atoms with van der Waals surface area (Å²) in [5.41, 5.74) is 1.46. The average Bonchev–Trinajstić information content (AvgIpc) is 2.98. The first-order valence-electron chi connectivity index (χ1n) is 10.1. The third-order valence-corrected chi connectivity index (χ3v) is 7.38. The zero-order chi connectivity index (χ0) is 17.0. The fraction of sp³-hybridized carbons (Fsp3) is 0.800. The van der Waals surface area contributed by atoms with E-state index in [4.69, 9.17) is 0 Å². The average molecular weight is 342 g/mol. The van der Waals surface area contributed by atoms with Crippen molar-refractivity contribution in [2.24, 2.45) is 17.8 Å². The number of aromatic nitrogens is 2. The van der Waals surface area contributed by atoms with Crippen molar-refractivity contribution >= 4 is 5.91 Å². The van der Waals surface area contributed by atoms with Gasteiger partial charge in [-0.3, -0.25) is 14.4 Å². The van der Waals surface area contributed by atoms with Crippen LogP contribution in [0.5, 0.6) is 0 Å². The molecule has 0 unspecified atom stereocenters. The molecule has 5 aliphatic rings. The maximum absolute atomic E-state index is 12.6. The lowest BCUT2D eigenvalue weighted by Gasteiger charge is -2.61. The summed E-state index contributed by atoms with van der Waals surface area (Å²) in [6.07, 6.45) is 10.7. The highest BCUT2D eigenvalue weighted by Crippen LogP contribution is 2.57. The molecule has 0 atom stereocenters. The van der Waals surface area contributed by atoms with Crippen molar-refractivity contribution in [1.82, 2.24) is 19.6 Å². The van der Waals surface area contributed by atoms with Crippen molar-refractivity contribution in [3.8, 4) is 0 Å². The van der Waals surface area contributed by atoms with Gasteiger partial charge in [-0.15, -0.1) is 0 Å². The summed E-state index contributed by atoms with van der Waals surface area (Å²) >= 11 is 0. The summed E-state index contributed by atoms with van der Waals surface area (Å²) in [5.74, 6) is 3.20. The summed E-state index contributed by atoms with van der Waals surface area (Å²) in [6.45, 7) is 6.25. The fourth-order valence-electron chi connectivity index (χ4n) is 6.67. The van der Waals surface area contributed by atoms with Gasteiger partial charge in [0.1, 0.15) is 6.54 Å². The lowest BCUT2D eigenvalue weighted by Crippen LogP contribution is -2.64. The Morgan fingerprint density at radius 2 is 1.68 bits per heavy atom. The Labute approximate surface area is 150 Å². The summed E-state index contributed by atoms with van der Waals surface area (Å²) < 4.78 is 1.77. The molecule has 4 saturated carbocycles. The number of piperazine rings is 1. The van der Waals surface area contributed by atoms with E-state index in [9.17, 15) is 4.79 Å². The molecule has 0 N–H and O–H groups in total. The SMILES string of the molecule is Cc1ccn(CC(=O)N2CCN(C34CC5CC(CC(C5)C3)C4)CC2)n1. The van der Waals surface area contributed by atoms with Gasteiger partial charge in [-0.05, 0) is 69.3 Å². The summed E-state index contributed by atoms with van der Waals surface area (Å²) in [6, 6.07) is 1.96. The second kappa shape index (κ2) is 5.83. The Hall–Kier alpha value is -1.36. The van der Waals surface area contributed by atoms with Crippen molar-refractivity contribution in [3.05, 3.63) is 18.0 Å². The predicted molar refractivity (Wildman–Crippen MR) is 96.0 cm³/mol. The van der Waals surface area contributed by atoms with Crippen LogP contribution in [0.4, 0.5) is 0 Å². The molecule has 25 heavy (non-hydrogen) atoms. The highest BCUT2D eigenvalue weighted by Gasteiger charge is 2.53. The van der Waals surface area contributed by atoms with Crippen LogP contribution in [0.3, 0.4) is 0 Å². The van der Waals surface area contributed by atoms with Gasteiger partial charge in [0.05, 0.1) is 5.69 Å². The van der Waals surface area contributed by atoms with E-state index in [0.717, 1.165) is 49.6 Å². The first-order chi connectivity index (χ1) is 12.1. The Morgan fingerprint density at radius 3 is 2.20 bits per heavy atom. The van der Waals surface area contributed by atoms with Gasteiger partial charge in [0.25, 0.3) is 0 Å². The number of rotatable bonds is 3. The fourth-order valence-corrected chi connectivity index (χ4v) is 6.67. The highest BCUT2D eigenvalue weighted by atomic mass is 16.2. The van der Waals surface area contributed by atoms with E-state index in [1.165, 1.54) is 38.5 Å². The van der Waals surface area contributed by atoms with E-state index in [1.54, 1.807) is 4.68 Å². The standard InChI is InChI=1S/C20H30N4O/c1-15-2-3-24(21-15)14-19(25)22-4-6-23(7-5-22)20-11-16-8-17(12-20)10-18(9-16)13-20/h2-3,16-18H,4-14H2,1H3. The Balaban J connectivity index is 1.21. The van der Waals surface area contributed by atoms with Crippen molar-refractivity contribution in [1.29, 1.82) is 0 Å². The molecule has 1 amide bonds. The minimum Gasteiger partial charge on any atom is -0.339 e. The van der Waals surface area contributed by atoms with Crippen molar-refractivity contribution in [3.63, 3.8) is 0 Å². The number of carbonyl (C=O) groups is 1. The Bertz CT molecular complexity index is 623. The van der Waals surface area contributed by atoms with Gasteiger partial charge in [0.2, 0.25) is 5.91 Å². The molecule has 1 aliphatic heterocycles. The maximum Gasteiger partial charge on any atom is 0.244 e. The third-order valence-electron chi connectivity index (χ3n) is 7.38. The highest BCUT2D eigenvalue weighted by molar-refractivity contribution is 5.76. The number of carbonyl (C=O) groups excluding carboxylic acids is 1. The summed E-state index contributed by atoms with van der Waals surface area (Å²) in [4.78, 5) is 17.4. The second-order valence-corrected chi connectivity index (χ2v) is 9.16. The lowest BCUT2D eigenvalue weighted by atomic mass is 9.52. The van der Waals surface area contributed by atoms with Crippen LogP contribution in [0.15, 0.2) is 12.3 Å². The van der Waals surface area contributed by atoms with Crippen LogP contribution < -0.4 is 0 Å². The number of nitrogens with zero attached hydrogens (tertiary/aromatic N) is 4. The summed E-state index contributed by atoms with van der Waals surface area (Å²) in [7, 11) is 0. The van der Waals surface area contributed by atoms with E-state index in [0.29, 0.717) is 12.1 Å². The number of hydrogen-bond acceptors (Lipinski definition) is 3. The molecule has 0 spiro atoms. The quantitative estimate of drug-likeness (QED) is 0.846. The molecular formula is C20H30N4O. The molecule has 5 fully saturated rings. The van der Waals surface area contributed by atoms with Gasteiger partial charge in [-0.2, -0.15) is 5.10 Å². The number of hydrogen-bond donors (Lipinski definition) is 0. The topological polar surface area (TPSA) is 41.4 Å². The molecule has 1 aromatic heterocycles. The molecule has 1 saturated heterocycles. The van der Waals surface area contributed by atoms with Crippen LogP contribution in [-0.4, -0.2) is 57.2 Å². The van der Waals surface area contributed by atoms with Crippen LogP contribution in [0.25, 0.3) is 0 Å². The van der Waals surface area contributed by atoms with E-state index in [-0.39, 0.29) is 5.91 Å².